The summed E-state index contributed by atoms with van der Waals surface area (Å²) in [5.74, 6) is 0.883. The molecule has 2 atom stereocenters. The molecule has 0 radical (unpaired) electrons. The van der Waals surface area contributed by atoms with E-state index in [2.05, 4.69) is 18.9 Å². The Morgan fingerprint density at radius 3 is 2.38 bits per heavy atom. The Bertz CT molecular complexity index is 217. The lowest BCUT2D eigenvalue weighted by atomic mass is 9.68. The lowest BCUT2D eigenvalue weighted by Crippen LogP contribution is -2.50. The lowest BCUT2D eigenvalue weighted by Gasteiger charge is -2.47. The van der Waals surface area contributed by atoms with E-state index in [0.29, 0.717) is 5.41 Å². The molecule has 0 bridgehead atoms. The minimum atomic E-state index is 0.478. The quantitative estimate of drug-likeness (QED) is 0.795. The Morgan fingerprint density at radius 2 is 1.88 bits per heavy atom. The van der Waals surface area contributed by atoms with Crippen LogP contribution in [0.25, 0.3) is 0 Å². The molecule has 0 aromatic carbocycles. The summed E-state index contributed by atoms with van der Waals surface area (Å²) >= 11 is 0. The molecular weight excluding hydrogens is 196 g/mol. The lowest BCUT2D eigenvalue weighted by molar-refractivity contribution is 0.0408. The van der Waals surface area contributed by atoms with Crippen molar-refractivity contribution in [1.82, 2.24) is 4.90 Å². The summed E-state index contributed by atoms with van der Waals surface area (Å²) in [6.45, 7) is 4.55. The first kappa shape index (κ1) is 12.4. The average Bonchev–Trinajstić information content (AvgIpc) is 2.24. The molecule has 0 aromatic heterocycles. The highest BCUT2D eigenvalue weighted by Gasteiger charge is 2.38. The topological polar surface area (TPSA) is 29.3 Å². The van der Waals surface area contributed by atoms with E-state index in [1.165, 1.54) is 51.5 Å². The molecule has 0 amide bonds. The third-order valence-electron chi connectivity index (χ3n) is 5.06. The van der Waals surface area contributed by atoms with Gasteiger partial charge in [-0.2, -0.15) is 0 Å². The Hall–Kier alpha value is -0.0800. The molecule has 2 aliphatic rings. The summed E-state index contributed by atoms with van der Waals surface area (Å²) in [4.78, 5) is 2.62. The zero-order valence-corrected chi connectivity index (χ0v) is 11.0. The molecule has 16 heavy (non-hydrogen) atoms. The van der Waals surface area contributed by atoms with E-state index in [1.807, 2.05) is 0 Å². The van der Waals surface area contributed by atoms with Crippen LogP contribution < -0.4 is 5.73 Å². The molecule has 2 nitrogen and oxygen atoms in total. The van der Waals surface area contributed by atoms with Gasteiger partial charge in [-0.3, -0.25) is 0 Å². The summed E-state index contributed by atoms with van der Waals surface area (Å²) in [7, 11) is 2.32. The number of rotatable bonds is 4. The number of nitrogens with zero attached hydrogens (tertiary/aromatic N) is 1. The summed E-state index contributed by atoms with van der Waals surface area (Å²) < 4.78 is 0. The van der Waals surface area contributed by atoms with Gasteiger partial charge in [-0.1, -0.05) is 26.2 Å². The molecule has 0 aromatic rings. The highest BCUT2D eigenvalue weighted by molar-refractivity contribution is 4.92. The van der Waals surface area contributed by atoms with Crippen LogP contribution >= 0.6 is 0 Å². The van der Waals surface area contributed by atoms with Gasteiger partial charge in [-0.25, -0.2) is 0 Å². The summed E-state index contributed by atoms with van der Waals surface area (Å²) in [6.07, 6.45) is 9.79. The minimum absolute atomic E-state index is 0.478. The van der Waals surface area contributed by atoms with Crippen molar-refractivity contribution in [2.24, 2.45) is 17.1 Å². The summed E-state index contributed by atoms with van der Waals surface area (Å²) in [5.41, 5.74) is 6.43. The van der Waals surface area contributed by atoms with Crippen molar-refractivity contribution in [3.8, 4) is 0 Å². The Kier molecular flexibility index (Phi) is 3.91. The Labute approximate surface area is 101 Å². The van der Waals surface area contributed by atoms with Crippen molar-refractivity contribution < 1.29 is 0 Å². The van der Waals surface area contributed by atoms with Crippen molar-refractivity contribution in [2.45, 2.75) is 57.9 Å². The molecule has 2 unspecified atom stereocenters. The predicted molar refractivity (Wildman–Crippen MR) is 69.4 cm³/mol. The normalized spacial score (nSPS) is 33.8. The molecular formula is C14H28N2. The van der Waals surface area contributed by atoms with E-state index < -0.39 is 0 Å². The molecule has 2 aliphatic carbocycles. The Balaban J connectivity index is 1.88. The van der Waals surface area contributed by atoms with Gasteiger partial charge in [0.2, 0.25) is 0 Å². The van der Waals surface area contributed by atoms with Gasteiger partial charge in [0.05, 0.1) is 0 Å². The molecule has 0 heterocycles. The van der Waals surface area contributed by atoms with E-state index in [-0.39, 0.29) is 0 Å². The second-order valence-electron chi connectivity index (χ2n) is 6.30. The molecule has 0 aliphatic heterocycles. The third-order valence-corrected chi connectivity index (χ3v) is 5.06. The molecule has 2 heteroatoms. The molecule has 2 rings (SSSR count). The maximum absolute atomic E-state index is 5.95. The zero-order valence-electron chi connectivity index (χ0n) is 11.0. The van der Waals surface area contributed by atoms with E-state index >= 15 is 0 Å². The molecule has 2 fully saturated rings. The highest BCUT2D eigenvalue weighted by atomic mass is 15.1. The first-order valence-corrected chi connectivity index (χ1v) is 7.07. The summed E-state index contributed by atoms with van der Waals surface area (Å²) in [5, 5.41) is 0. The predicted octanol–water partition coefficient (Wildman–Crippen LogP) is 2.63. The van der Waals surface area contributed by atoms with Crippen LogP contribution in [0.5, 0.6) is 0 Å². The minimum Gasteiger partial charge on any atom is -0.330 e. The maximum Gasteiger partial charge on any atom is 0.0118 e. The first-order valence-electron chi connectivity index (χ1n) is 7.07. The second kappa shape index (κ2) is 5.05. The zero-order chi connectivity index (χ0) is 11.6. The van der Waals surface area contributed by atoms with Crippen LogP contribution in [0.4, 0.5) is 0 Å². The van der Waals surface area contributed by atoms with Gasteiger partial charge in [-0.15, -0.1) is 0 Å². The van der Waals surface area contributed by atoms with Crippen molar-refractivity contribution >= 4 is 0 Å². The van der Waals surface area contributed by atoms with E-state index in [0.717, 1.165) is 18.5 Å². The number of hydrogen-bond donors (Lipinski definition) is 1. The molecule has 2 N–H and O–H groups in total. The SMILES string of the molecule is CC1CCCCC1N(C)CC1(CN)CCC1. The second-order valence-corrected chi connectivity index (χ2v) is 6.30. The number of hydrogen-bond acceptors (Lipinski definition) is 2. The fourth-order valence-corrected chi connectivity index (χ4v) is 3.70. The fraction of sp³-hybridized carbons (Fsp3) is 1.00. The van der Waals surface area contributed by atoms with Crippen molar-refractivity contribution in [2.75, 3.05) is 20.1 Å². The third kappa shape index (κ3) is 2.43. The van der Waals surface area contributed by atoms with Gasteiger partial charge in [0.15, 0.2) is 0 Å². The van der Waals surface area contributed by atoms with Gasteiger partial charge in [-0.05, 0) is 50.6 Å². The first-order chi connectivity index (χ1) is 7.67. The van der Waals surface area contributed by atoms with E-state index in [9.17, 15) is 0 Å². The Morgan fingerprint density at radius 1 is 1.19 bits per heavy atom. The van der Waals surface area contributed by atoms with E-state index in [4.69, 9.17) is 5.73 Å². The van der Waals surface area contributed by atoms with Crippen LogP contribution in [0.15, 0.2) is 0 Å². The molecule has 0 spiro atoms. The maximum atomic E-state index is 5.95. The van der Waals surface area contributed by atoms with Gasteiger partial charge in [0.25, 0.3) is 0 Å². The number of nitrogens with two attached hydrogens (primary N) is 1. The van der Waals surface area contributed by atoms with Crippen LogP contribution in [-0.2, 0) is 0 Å². The molecule has 2 saturated carbocycles. The van der Waals surface area contributed by atoms with Crippen molar-refractivity contribution in [1.29, 1.82) is 0 Å². The van der Waals surface area contributed by atoms with Gasteiger partial charge in [0.1, 0.15) is 0 Å². The highest BCUT2D eigenvalue weighted by Crippen LogP contribution is 2.41. The van der Waals surface area contributed by atoms with Gasteiger partial charge in [0, 0.05) is 12.6 Å². The molecule has 94 valence electrons. The fourth-order valence-electron chi connectivity index (χ4n) is 3.70. The van der Waals surface area contributed by atoms with Crippen LogP contribution in [0.2, 0.25) is 0 Å². The van der Waals surface area contributed by atoms with Gasteiger partial charge < -0.3 is 10.6 Å². The average molecular weight is 224 g/mol. The van der Waals surface area contributed by atoms with Gasteiger partial charge >= 0.3 is 0 Å². The standard InChI is InChI=1S/C14H28N2/c1-12-6-3-4-7-13(12)16(2)11-14(10-15)8-5-9-14/h12-13H,3-11,15H2,1-2H3. The largest absolute Gasteiger partial charge is 0.330 e. The monoisotopic (exact) mass is 224 g/mol. The van der Waals surface area contributed by atoms with E-state index in [1.54, 1.807) is 0 Å². The van der Waals surface area contributed by atoms with Crippen LogP contribution in [0.3, 0.4) is 0 Å². The van der Waals surface area contributed by atoms with Crippen LogP contribution in [0, 0.1) is 11.3 Å². The van der Waals surface area contributed by atoms with Crippen LogP contribution in [-0.4, -0.2) is 31.1 Å². The van der Waals surface area contributed by atoms with Crippen molar-refractivity contribution in [3.05, 3.63) is 0 Å². The van der Waals surface area contributed by atoms with Crippen LogP contribution in [0.1, 0.15) is 51.9 Å². The molecule has 0 saturated heterocycles. The van der Waals surface area contributed by atoms with Crippen molar-refractivity contribution in [3.63, 3.8) is 0 Å². The summed E-state index contributed by atoms with van der Waals surface area (Å²) in [6, 6.07) is 0.817. The smallest absolute Gasteiger partial charge is 0.0118 e.